The molecule has 1 unspecified atom stereocenters. The number of nitrogens with two attached hydrogens (primary N) is 1. The normalized spacial score (nSPS) is 25.8. The zero-order valence-corrected chi connectivity index (χ0v) is 7.76. The van der Waals surface area contributed by atoms with Gasteiger partial charge in [0.05, 0.1) is 0 Å². The number of hydrogen-bond acceptors (Lipinski definition) is 2. The summed E-state index contributed by atoms with van der Waals surface area (Å²) in [6.07, 6.45) is 7.12. The standard InChI is InChI=1S/C10H20N2/c11-7-10(9-3-4-9)12-6-5-8-1-2-8/h8-10,12H,1-7,11H2. The van der Waals surface area contributed by atoms with Gasteiger partial charge < -0.3 is 11.1 Å². The van der Waals surface area contributed by atoms with E-state index in [0.29, 0.717) is 6.04 Å². The molecule has 12 heavy (non-hydrogen) atoms. The van der Waals surface area contributed by atoms with Crippen molar-refractivity contribution in [3.8, 4) is 0 Å². The molecule has 0 heterocycles. The van der Waals surface area contributed by atoms with Crippen LogP contribution in [0.1, 0.15) is 32.1 Å². The van der Waals surface area contributed by atoms with E-state index in [9.17, 15) is 0 Å². The van der Waals surface area contributed by atoms with Crippen molar-refractivity contribution in [1.29, 1.82) is 0 Å². The average Bonchev–Trinajstić information content (AvgIpc) is 2.87. The maximum atomic E-state index is 5.68. The fraction of sp³-hybridized carbons (Fsp3) is 1.00. The molecule has 0 saturated heterocycles. The highest BCUT2D eigenvalue weighted by atomic mass is 14.9. The lowest BCUT2D eigenvalue weighted by Crippen LogP contribution is -2.38. The van der Waals surface area contributed by atoms with Gasteiger partial charge in [0, 0.05) is 12.6 Å². The van der Waals surface area contributed by atoms with E-state index in [2.05, 4.69) is 5.32 Å². The molecule has 0 radical (unpaired) electrons. The Balaban J connectivity index is 1.55. The first-order valence-electron chi connectivity index (χ1n) is 5.33. The van der Waals surface area contributed by atoms with Crippen LogP contribution in [0.2, 0.25) is 0 Å². The van der Waals surface area contributed by atoms with Crippen LogP contribution in [0.3, 0.4) is 0 Å². The second kappa shape index (κ2) is 3.75. The van der Waals surface area contributed by atoms with E-state index >= 15 is 0 Å². The van der Waals surface area contributed by atoms with Crippen molar-refractivity contribution < 1.29 is 0 Å². The first-order chi connectivity index (χ1) is 5.90. The van der Waals surface area contributed by atoms with Crippen molar-refractivity contribution in [3.63, 3.8) is 0 Å². The minimum atomic E-state index is 0.628. The molecule has 2 saturated carbocycles. The highest BCUT2D eigenvalue weighted by molar-refractivity contribution is 4.87. The number of rotatable bonds is 6. The Kier molecular flexibility index (Phi) is 2.66. The van der Waals surface area contributed by atoms with Gasteiger partial charge in [-0.05, 0) is 37.6 Å². The Labute approximate surface area is 74.9 Å². The second-order valence-electron chi connectivity index (χ2n) is 4.37. The van der Waals surface area contributed by atoms with E-state index in [-0.39, 0.29) is 0 Å². The zero-order valence-electron chi connectivity index (χ0n) is 7.76. The van der Waals surface area contributed by atoms with E-state index in [1.54, 1.807) is 0 Å². The first-order valence-corrected chi connectivity index (χ1v) is 5.33. The van der Waals surface area contributed by atoms with Gasteiger partial charge in [0.1, 0.15) is 0 Å². The van der Waals surface area contributed by atoms with E-state index in [0.717, 1.165) is 18.4 Å². The number of hydrogen-bond donors (Lipinski definition) is 2. The van der Waals surface area contributed by atoms with Gasteiger partial charge in [-0.15, -0.1) is 0 Å². The summed E-state index contributed by atoms with van der Waals surface area (Å²) >= 11 is 0. The minimum Gasteiger partial charge on any atom is -0.329 e. The lowest BCUT2D eigenvalue weighted by molar-refractivity contribution is 0.457. The van der Waals surface area contributed by atoms with Crippen molar-refractivity contribution in [2.75, 3.05) is 13.1 Å². The fourth-order valence-electron chi connectivity index (χ4n) is 1.82. The minimum absolute atomic E-state index is 0.628. The lowest BCUT2D eigenvalue weighted by atomic mass is 10.2. The van der Waals surface area contributed by atoms with Crippen molar-refractivity contribution in [3.05, 3.63) is 0 Å². The van der Waals surface area contributed by atoms with Crippen LogP contribution >= 0.6 is 0 Å². The van der Waals surface area contributed by atoms with Crippen LogP contribution in [0.4, 0.5) is 0 Å². The molecule has 1 atom stereocenters. The SMILES string of the molecule is NCC(NCCC1CC1)C1CC1. The lowest BCUT2D eigenvalue weighted by Gasteiger charge is -2.15. The summed E-state index contributed by atoms with van der Waals surface area (Å²) < 4.78 is 0. The van der Waals surface area contributed by atoms with Crippen LogP contribution in [-0.4, -0.2) is 19.1 Å². The van der Waals surface area contributed by atoms with E-state index in [4.69, 9.17) is 5.73 Å². The molecule has 0 spiro atoms. The van der Waals surface area contributed by atoms with E-state index in [1.165, 1.54) is 38.6 Å². The Bertz CT molecular complexity index is 139. The molecule has 2 fully saturated rings. The van der Waals surface area contributed by atoms with Crippen LogP contribution in [-0.2, 0) is 0 Å². The zero-order chi connectivity index (χ0) is 8.39. The third-order valence-electron chi connectivity index (χ3n) is 3.10. The predicted molar refractivity (Wildman–Crippen MR) is 50.9 cm³/mol. The molecule has 2 aliphatic rings. The van der Waals surface area contributed by atoms with Crippen molar-refractivity contribution in [2.45, 2.75) is 38.1 Å². The van der Waals surface area contributed by atoms with Crippen molar-refractivity contribution in [1.82, 2.24) is 5.32 Å². The summed E-state index contributed by atoms with van der Waals surface area (Å²) in [6, 6.07) is 0.628. The van der Waals surface area contributed by atoms with Crippen molar-refractivity contribution >= 4 is 0 Å². The van der Waals surface area contributed by atoms with Gasteiger partial charge >= 0.3 is 0 Å². The fourth-order valence-corrected chi connectivity index (χ4v) is 1.82. The Morgan fingerprint density at radius 1 is 1.25 bits per heavy atom. The molecule has 0 amide bonds. The Hall–Kier alpha value is -0.0800. The van der Waals surface area contributed by atoms with Gasteiger partial charge in [0.2, 0.25) is 0 Å². The van der Waals surface area contributed by atoms with Crippen LogP contribution in [0.15, 0.2) is 0 Å². The smallest absolute Gasteiger partial charge is 0.0218 e. The van der Waals surface area contributed by atoms with Gasteiger partial charge in [0.25, 0.3) is 0 Å². The van der Waals surface area contributed by atoms with Crippen LogP contribution in [0, 0.1) is 11.8 Å². The first kappa shape index (κ1) is 8.52. The van der Waals surface area contributed by atoms with Crippen LogP contribution in [0.25, 0.3) is 0 Å². The summed E-state index contributed by atoms with van der Waals surface area (Å²) in [7, 11) is 0. The monoisotopic (exact) mass is 168 g/mol. The average molecular weight is 168 g/mol. The highest BCUT2D eigenvalue weighted by Crippen LogP contribution is 2.33. The summed E-state index contributed by atoms with van der Waals surface area (Å²) in [4.78, 5) is 0. The quantitative estimate of drug-likeness (QED) is 0.623. The second-order valence-corrected chi connectivity index (χ2v) is 4.37. The van der Waals surface area contributed by atoms with Gasteiger partial charge in [-0.3, -0.25) is 0 Å². The summed E-state index contributed by atoms with van der Waals surface area (Å²) in [5, 5.41) is 3.58. The van der Waals surface area contributed by atoms with Gasteiger partial charge in [-0.25, -0.2) is 0 Å². The van der Waals surface area contributed by atoms with Gasteiger partial charge in [-0.2, -0.15) is 0 Å². The summed E-state index contributed by atoms with van der Waals surface area (Å²) in [6.45, 7) is 2.03. The molecule has 0 aromatic rings. The van der Waals surface area contributed by atoms with E-state index in [1.807, 2.05) is 0 Å². The topological polar surface area (TPSA) is 38.0 Å². The maximum Gasteiger partial charge on any atom is 0.0218 e. The molecule has 0 aliphatic heterocycles. The third-order valence-corrected chi connectivity index (χ3v) is 3.10. The molecule has 2 aliphatic carbocycles. The third kappa shape index (κ3) is 2.46. The largest absolute Gasteiger partial charge is 0.329 e. The van der Waals surface area contributed by atoms with E-state index < -0.39 is 0 Å². The highest BCUT2D eigenvalue weighted by Gasteiger charge is 2.30. The molecule has 0 aromatic heterocycles. The van der Waals surface area contributed by atoms with Crippen molar-refractivity contribution in [2.24, 2.45) is 17.6 Å². The molecular formula is C10H20N2. The molecular weight excluding hydrogens is 148 g/mol. The van der Waals surface area contributed by atoms with Gasteiger partial charge in [0.15, 0.2) is 0 Å². The Morgan fingerprint density at radius 2 is 2.00 bits per heavy atom. The molecule has 70 valence electrons. The number of nitrogens with one attached hydrogen (secondary N) is 1. The van der Waals surface area contributed by atoms with Crippen LogP contribution in [0.5, 0.6) is 0 Å². The molecule has 0 bridgehead atoms. The predicted octanol–water partition coefficient (Wildman–Crippen LogP) is 1.11. The molecule has 2 nitrogen and oxygen atoms in total. The molecule has 3 N–H and O–H groups in total. The maximum absolute atomic E-state index is 5.68. The van der Waals surface area contributed by atoms with Gasteiger partial charge in [-0.1, -0.05) is 12.8 Å². The summed E-state index contributed by atoms with van der Waals surface area (Å²) in [5.41, 5.74) is 5.68. The Morgan fingerprint density at radius 3 is 2.50 bits per heavy atom. The molecule has 2 rings (SSSR count). The molecule has 0 aromatic carbocycles. The molecule has 2 heteroatoms. The summed E-state index contributed by atoms with van der Waals surface area (Å²) in [5.74, 6) is 1.96. The van der Waals surface area contributed by atoms with Crippen LogP contribution < -0.4 is 11.1 Å².